The van der Waals surface area contributed by atoms with Crippen LogP contribution in [0, 0.1) is 0 Å². The Morgan fingerprint density at radius 3 is 2.32 bits per heavy atom. The zero-order chi connectivity index (χ0) is 13.8. The number of halogens is 1. The number of hydrogen-bond acceptors (Lipinski definition) is 5. The molecular formula is C13H18IN5. The van der Waals surface area contributed by atoms with Crippen molar-refractivity contribution in [1.82, 2.24) is 8.01 Å². The lowest BCUT2D eigenvalue weighted by Crippen LogP contribution is -2.21. The predicted octanol–water partition coefficient (Wildman–Crippen LogP) is 3.16. The molecule has 6 heteroatoms. The molecule has 1 aromatic carbocycles. The van der Waals surface area contributed by atoms with Crippen molar-refractivity contribution in [3.8, 4) is 0 Å². The monoisotopic (exact) mass is 371 g/mol. The average Bonchev–Trinajstić information content (AvgIpc) is 2.40. The third kappa shape index (κ3) is 3.76. The van der Waals surface area contributed by atoms with Crippen LogP contribution in [0.25, 0.3) is 0 Å². The first-order valence-electron chi connectivity index (χ1n) is 5.91. The third-order valence-electron chi connectivity index (χ3n) is 2.61. The van der Waals surface area contributed by atoms with E-state index < -0.39 is 0 Å². The molecule has 1 aromatic rings. The molecule has 19 heavy (non-hydrogen) atoms. The smallest absolute Gasteiger partial charge is 0.203 e. The van der Waals surface area contributed by atoms with E-state index in [1.807, 2.05) is 56.5 Å². The van der Waals surface area contributed by atoms with Gasteiger partial charge in [-0.05, 0) is 24.3 Å². The fourth-order valence-electron chi connectivity index (χ4n) is 1.46. The second-order valence-corrected chi connectivity index (χ2v) is 7.37. The van der Waals surface area contributed by atoms with Gasteiger partial charge in [0.05, 0.1) is 26.7 Å². The highest BCUT2D eigenvalue weighted by Gasteiger charge is 2.07. The maximum Gasteiger partial charge on any atom is 0.203 e. The quantitative estimate of drug-likeness (QED) is 0.465. The number of hydrogen-bond donors (Lipinski definition) is 0. The van der Waals surface area contributed by atoms with E-state index in [1.165, 1.54) is 0 Å². The minimum Gasteiger partial charge on any atom is -0.378 e. The molecule has 0 bridgehead atoms. The van der Waals surface area contributed by atoms with Crippen LogP contribution < -0.4 is 4.90 Å². The van der Waals surface area contributed by atoms with Crippen molar-refractivity contribution in [3.63, 3.8) is 0 Å². The molecule has 0 radical (unpaired) electrons. The van der Waals surface area contributed by atoms with Crippen LogP contribution in [0.1, 0.15) is 0 Å². The van der Waals surface area contributed by atoms with E-state index in [4.69, 9.17) is 0 Å². The molecule has 0 fully saturated rings. The largest absolute Gasteiger partial charge is 0.378 e. The summed E-state index contributed by atoms with van der Waals surface area (Å²) < 4.78 is 3.23. The van der Waals surface area contributed by atoms with Gasteiger partial charge in [0.2, 0.25) is 3.76 Å². The van der Waals surface area contributed by atoms with E-state index in [9.17, 15) is 0 Å². The third-order valence-corrected chi connectivity index (χ3v) is 5.10. The van der Waals surface area contributed by atoms with Gasteiger partial charge in [0.15, 0.2) is 0 Å². The lowest BCUT2D eigenvalue weighted by molar-refractivity contribution is 0.663. The second kappa shape index (κ2) is 6.14. The molecule has 1 heterocycles. The minimum absolute atomic E-state index is 0.249. The highest BCUT2D eigenvalue weighted by Crippen LogP contribution is 2.21. The number of benzene rings is 1. The molecule has 0 atom stereocenters. The van der Waals surface area contributed by atoms with Crippen LogP contribution in [0.2, 0.25) is 0 Å². The van der Waals surface area contributed by atoms with Crippen LogP contribution in [0.5, 0.6) is 0 Å². The normalized spacial score (nSPS) is 15.5. The maximum absolute atomic E-state index is 4.37. The highest BCUT2D eigenvalue weighted by molar-refractivity contribution is 14.2. The molecular weight excluding hydrogens is 353 g/mol. The number of anilines is 1. The fraction of sp³-hybridized carbons (Fsp3) is 0.308. The van der Waals surface area contributed by atoms with Gasteiger partial charge in [-0.2, -0.15) is 0 Å². The number of rotatable bonds is 3. The zero-order valence-corrected chi connectivity index (χ0v) is 13.7. The van der Waals surface area contributed by atoms with Gasteiger partial charge in [0, 0.05) is 46.3 Å². The standard InChI is InChI=1S/C13H18IN5/c1-17(2)12-7-5-11(6-8-12)15-16-13-14-19(4)10-9-18(13)3/h5-10H,1-4H3. The molecule has 1 aliphatic heterocycles. The Bertz CT molecular complexity index is 518. The Morgan fingerprint density at radius 1 is 1.00 bits per heavy atom. The van der Waals surface area contributed by atoms with E-state index in [0.717, 1.165) is 15.1 Å². The van der Waals surface area contributed by atoms with Crippen LogP contribution >= 0.6 is 21.0 Å². The molecule has 0 N–H and O–H groups in total. The van der Waals surface area contributed by atoms with E-state index in [0.29, 0.717) is 0 Å². The van der Waals surface area contributed by atoms with Crippen molar-refractivity contribution in [1.29, 1.82) is 0 Å². The lowest BCUT2D eigenvalue weighted by atomic mass is 10.3. The summed E-state index contributed by atoms with van der Waals surface area (Å²) in [5, 5.41) is 8.68. The van der Waals surface area contributed by atoms with Gasteiger partial charge in [0.25, 0.3) is 0 Å². The Morgan fingerprint density at radius 2 is 1.68 bits per heavy atom. The Hall–Kier alpha value is -1.44. The summed E-state index contributed by atoms with van der Waals surface area (Å²) in [7, 11) is 8.12. The maximum atomic E-state index is 4.37. The van der Waals surface area contributed by atoms with Crippen molar-refractivity contribution >= 4 is 36.1 Å². The van der Waals surface area contributed by atoms with Gasteiger partial charge < -0.3 is 12.9 Å². The van der Waals surface area contributed by atoms with Gasteiger partial charge in [0.1, 0.15) is 0 Å². The first-order chi connectivity index (χ1) is 9.06. The summed E-state index contributed by atoms with van der Waals surface area (Å²) in [6.45, 7) is 0. The van der Waals surface area contributed by atoms with E-state index in [1.54, 1.807) is 0 Å². The van der Waals surface area contributed by atoms with Gasteiger partial charge in [-0.25, -0.2) is 0 Å². The molecule has 0 aromatic heterocycles. The first kappa shape index (κ1) is 14.0. The minimum atomic E-state index is -0.249. The molecule has 0 saturated carbocycles. The summed E-state index contributed by atoms with van der Waals surface area (Å²) in [5.74, 6) is 0. The summed E-state index contributed by atoms with van der Waals surface area (Å²) >= 11 is -0.249. The van der Waals surface area contributed by atoms with Crippen molar-refractivity contribution in [3.05, 3.63) is 36.7 Å². The fourth-order valence-corrected chi connectivity index (χ4v) is 3.16. The first-order valence-corrected chi connectivity index (χ1v) is 7.96. The van der Waals surface area contributed by atoms with Crippen LogP contribution in [-0.2, 0) is 0 Å². The van der Waals surface area contributed by atoms with E-state index in [-0.39, 0.29) is 21.0 Å². The van der Waals surface area contributed by atoms with E-state index >= 15 is 0 Å². The summed E-state index contributed by atoms with van der Waals surface area (Å²) in [6, 6.07) is 8.07. The van der Waals surface area contributed by atoms with Gasteiger partial charge >= 0.3 is 0 Å². The number of azo groups is 1. The van der Waals surface area contributed by atoms with Gasteiger partial charge in [-0.1, -0.05) is 0 Å². The molecule has 0 spiro atoms. The molecule has 0 amide bonds. The summed E-state index contributed by atoms with van der Waals surface area (Å²) in [4.78, 5) is 4.10. The number of nitrogens with zero attached hydrogens (tertiary/aromatic N) is 5. The van der Waals surface area contributed by atoms with Crippen LogP contribution in [0.4, 0.5) is 11.4 Å². The molecule has 0 saturated heterocycles. The van der Waals surface area contributed by atoms with Crippen LogP contribution in [0.15, 0.2) is 46.9 Å². The Kier molecular flexibility index (Phi) is 4.52. The molecule has 0 aliphatic carbocycles. The lowest BCUT2D eigenvalue weighted by Gasteiger charge is -2.20. The van der Waals surface area contributed by atoms with Crippen LogP contribution in [0.3, 0.4) is 0 Å². The van der Waals surface area contributed by atoms with Gasteiger partial charge in [-0.3, -0.25) is 0 Å². The van der Waals surface area contributed by atoms with Crippen LogP contribution in [-0.4, -0.2) is 40.0 Å². The summed E-state index contributed by atoms with van der Waals surface area (Å²) in [6.07, 6.45) is 4.07. The van der Waals surface area contributed by atoms with Crippen molar-refractivity contribution < 1.29 is 0 Å². The molecule has 5 nitrogen and oxygen atoms in total. The second-order valence-electron chi connectivity index (χ2n) is 4.40. The topological polar surface area (TPSA) is 34.4 Å². The average molecular weight is 371 g/mol. The van der Waals surface area contributed by atoms with Crippen molar-refractivity contribution in [2.75, 3.05) is 33.1 Å². The molecule has 2 rings (SSSR count). The SMILES string of the molecule is CN1C=CN(C)C(N=Nc2ccc(N(C)C)cc2)=I1. The summed E-state index contributed by atoms with van der Waals surface area (Å²) in [5.41, 5.74) is 2.05. The predicted molar refractivity (Wildman–Crippen MR) is 89.0 cm³/mol. The van der Waals surface area contributed by atoms with Gasteiger partial charge in [-0.15, -0.1) is 10.2 Å². The van der Waals surface area contributed by atoms with Crippen molar-refractivity contribution in [2.45, 2.75) is 0 Å². The van der Waals surface area contributed by atoms with E-state index in [2.05, 4.69) is 31.5 Å². The Balaban J connectivity index is 2.10. The zero-order valence-electron chi connectivity index (χ0n) is 11.6. The molecule has 0 unspecified atom stereocenters. The van der Waals surface area contributed by atoms with Crippen molar-refractivity contribution in [2.24, 2.45) is 10.2 Å². The Labute approximate surface area is 124 Å². The molecule has 102 valence electrons. The molecule has 1 aliphatic rings. The highest BCUT2D eigenvalue weighted by atomic mass is 127.